The maximum atomic E-state index is 13.6. The molecule has 4 amide bonds. The van der Waals surface area contributed by atoms with E-state index in [1.54, 1.807) is 55.3 Å². The Morgan fingerprint density at radius 3 is 2.53 bits per heavy atom. The maximum absolute atomic E-state index is 13.6. The van der Waals surface area contributed by atoms with Crippen LogP contribution in [0.4, 0.5) is 21.0 Å². The van der Waals surface area contributed by atoms with Gasteiger partial charge in [-0.3, -0.25) is 19.4 Å². The van der Waals surface area contributed by atoms with Crippen molar-refractivity contribution in [2.75, 3.05) is 17.7 Å². The number of imidazole rings is 1. The smallest absolute Gasteiger partial charge is 0.325 e. The molecule has 0 aliphatic carbocycles. The van der Waals surface area contributed by atoms with Crippen LogP contribution in [0.25, 0.3) is 0 Å². The number of halogens is 1. The molecule has 3 N–H and O–H groups in total. The first-order valence-corrected chi connectivity index (χ1v) is 11.6. The van der Waals surface area contributed by atoms with Crippen molar-refractivity contribution < 1.29 is 18.8 Å². The molecule has 0 radical (unpaired) electrons. The van der Waals surface area contributed by atoms with Crippen LogP contribution in [0.1, 0.15) is 30.5 Å². The van der Waals surface area contributed by atoms with Crippen molar-refractivity contribution in [1.82, 2.24) is 24.8 Å². The van der Waals surface area contributed by atoms with Crippen LogP contribution < -0.4 is 16.0 Å². The Morgan fingerprint density at radius 1 is 1.19 bits per heavy atom. The number of β-lactam (4-membered cyclic amide) rings is 1. The standard InChI is InChI=1S/C25H28FN7O3/c1-4-19(16-5-7-17(26)8-6-16)30-25(36)33-21(23(35)32(3)24-29-11-12-31(24)2)18(22(33)34)13-15-9-10-28-20(27)14-15/h5-12,14,18-19,21H,4,13H2,1-3H3,(H2,27,28)(H,30,36)/t18-,19?,21+/m1/s1. The van der Waals surface area contributed by atoms with E-state index in [9.17, 15) is 18.8 Å². The van der Waals surface area contributed by atoms with Gasteiger partial charge in [0.05, 0.1) is 12.0 Å². The first kappa shape index (κ1) is 24.8. The number of benzene rings is 1. The van der Waals surface area contributed by atoms with E-state index in [1.165, 1.54) is 23.2 Å². The van der Waals surface area contributed by atoms with E-state index < -0.39 is 35.8 Å². The number of hydrogen-bond acceptors (Lipinski definition) is 6. The molecule has 1 saturated heterocycles. The molecule has 3 aromatic rings. The summed E-state index contributed by atoms with van der Waals surface area (Å²) in [5.74, 6) is -1.39. The van der Waals surface area contributed by atoms with Crippen LogP contribution in [0.15, 0.2) is 55.0 Å². The summed E-state index contributed by atoms with van der Waals surface area (Å²) in [6.45, 7) is 1.86. The highest BCUT2D eigenvalue weighted by atomic mass is 19.1. The van der Waals surface area contributed by atoms with Crippen LogP contribution in [-0.2, 0) is 23.1 Å². The minimum absolute atomic E-state index is 0.218. The molecule has 1 fully saturated rings. The molecule has 10 nitrogen and oxygen atoms in total. The largest absolute Gasteiger partial charge is 0.384 e. The lowest BCUT2D eigenvalue weighted by Gasteiger charge is -2.45. The summed E-state index contributed by atoms with van der Waals surface area (Å²) in [5, 5.41) is 2.82. The molecule has 1 aromatic carbocycles. The number of imide groups is 1. The average Bonchev–Trinajstić information content (AvgIpc) is 3.29. The summed E-state index contributed by atoms with van der Waals surface area (Å²) in [5.41, 5.74) is 7.21. The summed E-state index contributed by atoms with van der Waals surface area (Å²) in [6.07, 6.45) is 5.51. The van der Waals surface area contributed by atoms with Gasteiger partial charge in [-0.1, -0.05) is 19.1 Å². The molecule has 0 spiro atoms. The first-order chi connectivity index (χ1) is 17.2. The highest BCUT2D eigenvalue weighted by Gasteiger charge is 2.55. The molecular weight excluding hydrogens is 465 g/mol. The minimum atomic E-state index is -1.04. The second-order valence-electron chi connectivity index (χ2n) is 8.75. The average molecular weight is 494 g/mol. The monoisotopic (exact) mass is 493 g/mol. The number of urea groups is 1. The number of nitrogens with one attached hydrogen (secondary N) is 1. The van der Waals surface area contributed by atoms with Gasteiger partial charge in [0.25, 0.3) is 5.91 Å². The van der Waals surface area contributed by atoms with E-state index in [2.05, 4.69) is 15.3 Å². The van der Waals surface area contributed by atoms with Gasteiger partial charge in [-0.25, -0.2) is 19.2 Å². The van der Waals surface area contributed by atoms with E-state index in [0.29, 0.717) is 23.8 Å². The van der Waals surface area contributed by atoms with Crippen molar-refractivity contribution in [1.29, 1.82) is 0 Å². The van der Waals surface area contributed by atoms with Gasteiger partial charge in [0.15, 0.2) is 0 Å². The van der Waals surface area contributed by atoms with Crippen LogP contribution in [0.2, 0.25) is 0 Å². The number of anilines is 2. The van der Waals surface area contributed by atoms with Crippen molar-refractivity contribution in [3.63, 3.8) is 0 Å². The molecular formula is C25H28FN7O3. The van der Waals surface area contributed by atoms with Gasteiger partial charge in [0, 0.05) is 32.7 Å². The summed E-state index contributed by atoms with van der Waals surface area (Å²) >= 11 is 0. The lowest BCUT2D eigenvalue weighted by molar-refractivity contribution is -0.156. The molecule has 0 bridgehead atoms. The Kier molecular flexibility index (Phi) is 7.00. The molecule has 36 heavy (non-hydrogen) atoms. The predicted molar refractivity (Wildman–Crippen MR) is 131 cm³/mol. The van der Waals surface area contributed by atoms with E-state index in [-0.39, 0.29) is 12.2 Å². The van der Waals surface area contributed by atoms with Crippen molar-refractivity contribution in [3.8, 4) is 0 Å². The highest BCUT2D eigenvalue weighted by molar-refractivity contribution is 6.12. The molecule has 1 aliphatic rings. The Labute approximate surface area is 207 Å². The highest BCUT2D eigenvalue weighted by Crippen LogP contribution is 2.33. The van der Waals surface area contributed by atoms with Gasteiger partial charge in [-0.15, -0.1) is 0 Å². The third-order valence-electron chi connectivity index (χ3n) is 6.39. The number of pyridine rings is 1. The van der Waals surface area contributed by atoms with E-state index in [1.807, 2.05) is 6.92 Å². The minimum Gasteiger partial charge on any atom is -0.384 e. The van der Waals surface area contributed by atoms with Crippen LogP contribution >= 0.6 is 0 Å². The lowest BCUT2D eigenvalue weighted by Crippen LogP contribution is -2.70. The number of hydrogen-bond donors (Lipinski definition) is 2. The Morgan fingerprint density at radius 2 is 1.92 bits per heavy atom. The van der Waals surface area contributed by atoms with Crippen molar-refractivity contribution in [2.24, 2.45) is 13.0 Å². The number of nitrogens with zero attached hydrogens (tertiary/aromatic N) is 5. The third-order valence-corrected chi connectivity index (χ3v) is 6.39. The van der Waals surface area contributed by atoms with Crippen molar-refractivity contribution in [2.45, 2.75) is 31.8 Å². The molecule has 1 unspecified atom stereocenters. The van der Waals surface area contributed by atoms with Crippen molar-refractivity contribution >= 4 is 29.6 Å². The van der Waals surface area contributed by atoms with Crippen molar-refractivity contribution in [3.05, 3.63) is 71.9 Å². The fourth-order valence-electron chi connectivity index (χ4n) is 4.44. The number of amides is 4. The van der Waals surface area contributed by atoms with Crippen LogP contribution in [0, 0.1) is 11.7 Å². The van der Waals surface area contributed by atoms with E-state index in [0.717, 1.165) is 10.5 Å². The number of rotatable bonds is 7. The molecule has 4 rings (SSSR count). The van der Waals surface area contributed by atoms with Gasteiger partial charge in [0.2, 0.25) is 11.9 Å². The van der Waals surface area contributed by atoms with Crippen LogP contribution in [0.3, 0.4) is 0 Å². The molecule has 188 valence electrons. The number of carbonyl (C=O) groups is 3. The lowest BCUT2D eigenvalue weighted by atomic mass is 9.81. The second kappa shape index (κ2) is 10.1. The summed E-state index contributed by atoms with van der Waals surface area (Å²) in [6, 6.07) is 6.94. The third kappa shape index (κ3) is 4.77. The quantitative estimate of drug-likeness (QED) is 0.487. The van der Waals surface area contributed by atoms with Gasteiger partial charge in [-0.2, -0.15) is 0 Å². The van der Waals surface area contributed by atoms with E-state index in [4.69, 9.17) is 5.73 Å². The topological polar surface area (TPSA) is 126 Å². The number of nitrogens with two attached hydrogens (primary N) is 1. The number of nitrogen functional groups attached to an aromatic ring is 1. The van der Waals surface area contributed by atoms with Crippen LogP contribution in [-0.4, -0.2) is 50.4 Å². The fourth-order valence-corrected chi connectivity index (χ4v) is 4.44. The number of likely N-dealkylation sites (tertiary alicyclic amines) is 1. The molecule has 3 atom stereocenters. The van der Waals surface area contributed by atoms with Crippen LogP contribution in [0.5, 0.6) is 0 Å². The molecule has 11 heteroatoms. The number of aryl methyl sites for hydroxylation is 1. The Hall–Kier alpha value is -4.28. The summed E-state index contributed by atoms with van der Waals surface area (Å²) < 4.78 is 15.0. The molecule has 0 saturated carbocycles. The van der Waals surface area contributed by atoms with E-state index >= 15 is 0 Å². The first-order valence-electron chi connectivity index (χ1n) is 11.6. The number of aromatic nitrogens is 3. The fraction of sp³-hybridized carbons (Fsp3) is 0.320. The number of likely N-dealkylation sites (N-methyl/N-ethyl adjacent to an activating group) is 1. The normalized spacial score (nSPS) is 17.9. The predicted octanol–water partition coefficient (Wildman–Crippen LogP) is 2.43. The molecule has 3 heterocycles. The summed E-state index contributed by atoms with van der Waals surface area (Å²) in [4.78, 5) is 50.6. The molecule has 1 aliphatic heterocycles. The summed E-state index contributed by atoms with van der Waals surface area (Å²) in [7, 11) is 3.30. The Bertz CT molecular complexity index is 1280. The SMILES string of the molecule is CCC(NC(=O)N1C(=O)[C@H](Cc2ccnc(N)c2)[C@H]1C(=O)N(C)c1nccn1C)c1ccc(F)cc1. The molecule has 2 aromatic heterocycles. The van der Waals surface area contributed by atoms with Gasteiger partial charge in [-0.05, 0) is 48.2 Å². The zero-order valence-corrected chi connectivity index (χ0v) is 20.3. The zero-order chi connectivity index (χ0) is 26.0. The second-order valence-corrected chi connectivity index (χ2v) is 8.75. The van der Waals surface area contributed by atoms with Gasteiger partial charge >= 0.3 is 6.03 Å². The maximum Gasteiger partial charge on any atom is 0.325 e. The Balaban J connectivity index is 1.60. The van der Waals surface area contributed by atoms with Gasteiger partial charge in [0.1, 0.15) is 17.7 Å². The van der Waals surface area contributed by atoms with Gasteiger partial charge < -0.3 is 15.6 Å². The zero-order valence-electron chi connectivity index (χ0n) is 20.3. The number of carbonyl (C=O) groups excluding carboxylic acids is 3.